The smallest absolute Gasteiger partial charge is 0.124 e. The summed E-state index contributed by atoms with van der Waals surface area (Å²) in [6.07, 6.45) is 0. The first-order valence-electron chi connectivity index (χ1n) is 5.86. The Balaban J connectivity index is 2.32. The van der Waals surface area contributed by atoms with Gasteiger partial charge in [-0.1, -0.05) is 0 Å². The highest BCUT2D eigenvalue weighted by Gasteiger charge is 2.05. The molecular formula is C15H13BrN2O2. The molecule has 0 aliphatic heterocycles. The van der Waals surface area contributed by atoms with E-state index in [9.17, 15) is 0 Å². The minimum absolute atomic E-state index is 0.602. The van der Waals surface area contributed by atoms with E-state index in [0.29, 0.717) is 17.1 Å². The summed E-state index contributed by atoms with van der Waals surface area (Å²) in [5.41, 5.74) is 2.30. The van der Waals surface area contributed by atoms with E-state index >= 15 is 0 Å². The van der Waals surface area contributed by atoms with Crippen LogP contribution in [0.4, 0.5) is 11.4 Å². The molecule has 102 valence electrons. The molecule has 0 bridgehead atoms. The Morgan fingerprint density at radius 2 is 1.70 bits per heavy atom. The SMILES string of the molecule is COc1cc(Nc2ccc(C#N)cc2Br)cc(OC)c1. The highest BCUT2D eigenvalue weighted by atomic mass is 79.9. The molecular weight excluding hydrogens is 320 g/mol. The van der Waals surface area contributed by atoms with Crippen molar-refractivity contribution in [3.05, 3.63) is 46.4 Å². The molecule has 0 spiro atoms. The highest BCUT2D eigenvalue weighted by molar-refractivity contribution is 9.10. The molecule has 0 fully saturated rings. The zero-order chi connectivity index (χ0) is 14.5. The fourth-order valence-electron chi connectivity index (χ4n) is 1.72. The molecule has 1 N–H and O–H groups in total. The second-order valence-electron chi connectivity index (χ2n) is 4.03. The highest BCUT2D eigenvalue weighted by Crippen LogP contribution is 2.31. The standard InChI is InChI=1S/C15H13BrN2O2/c1-19-12-6-11(7-13(8-12)20-2)18-15-4-3-10(9-17)5-14(15)16/h3-8,18H,1-2H3. The first-order valence-corrected chi connectivity index (χ1v) is 6.65. The first-order chi connectivity index (χ1) is 9.66. The molecule has 0 saturated carbocycles. The van der Waals surface area contributed by atoms with Crippen molar-refractivity contribution in [3.63, 3.8) is 0 Å². The third-order valence-corrected chi connectivity index (χ3v) is 3.38. The van der Waals surface area contributed by atoms with Gasteiger partial charge < -0.3 is 14.8 Å². The number of anilines is 2. The van der Waals surface area contributed by atoms with Crippen LogP contribution in [0.15, 0.2) is 40.9 Å². The lowest BCUT2D eigenvalue weighted by molar-refractivity contribution is 0.395. The minimum atomic E-state index is 0.602. The van der Waals surface area contributed by atoms with Crippen LogP contribution in [-0.4, -0.2) is 14.2 Å². The Morgan fingerprint density at radius 3 is 2.20 bits per heavy atom. The maximum Gasteiger partial charge on any atom is 0.124 e. The van der Waals surface area contributed by atoms with Crippen LogP contribution in [0, 0.1) is 11.3 Å². The van der Waals surface area contributed by atoms with E-state index in [-0.39, 0.29) is 0 Å². The van der Waals surface area contributed by atoms with Gasteiger partial charge in [0.15, 0.2) is 0 Å². The average Bonchev–Trinajstić information content (AvgIpc) is 2.48. The van der Waals surface area contributed by atoms with Gasteiger partial charge in [-0.25, -0.2) is 0 Å². The van der Waals surface area contributed by atoms with Gasteiger partial charge in [-0.2, -0.15) is 5.26 Å². The molecule has 0 radical (unpaired) electrons. The number of ether oxygens (including phenoxy) is 2. The molecule has 0 unspecified atom stereocenters. The molecule has 4 nitrogen and oxygen atoms in total. The summed E-state index contributed by atoms with van der Waals surface area (Å²) in [6, 6.07) is 13.0. The van der Waals surface area contributed by atoms with Crippen LogP contribution in [0.5, 0.6) is 11.5 Å². The van der Waals surface area contributed by atoms with E-state index in [0.717, 1.165) is 15.8 Å². The molecule has 0 aliphatic rings. The van der Waals surface area contributed by atoms with E-state index < -0.39 is 0 Å². The number of halogens is 1. The predicted molar refractivity (Wildman–Crippen MR) is 81.7 cm³/mol. The van der Waals surface area contributed by atoms with Crippen molar-refractivity contribution < 1.29 is 9.47 Å². The summed E-state index contributed by atoms with van der Waals surface area (Å²) in [6.45, 7) is 0. The van der Waals surface area contributed by atoms with Gasteiger partial charge in [0.05, 0.1) is 31.5 Å². The van der Waals surface area contributed by atoms with E-state index in [1.54, 1.807) is 32.4 Å². The lowest BCUT2D eigenvalue weighted by Gasteiger charge is -2.12. The van der Waals surface area contributed by atoms with Crippen LogP contribution in [0.25, 0.3) is 0 Å². The maximum absolute atomic E-state index is 8.85. The largest absolute Gasteiger partial charge is 0.497 e. The van der Waals surface area contributed by atoms with Crippen LogP contribution in [0.1, 0.15) is 5.56 Å². The molecule has 2 aromatic carbocycles. The summed E-state index contributed by atoms with van der Waals surface area (Å²) < 4.78 is 11.3. The van der Waals surface area contributed by atoms with E-state index in [1.807, 2.05) is 18.2 Å². The van der Waals surface area contributed by atoms with Gasteiger partial charge in [-0.15, -0.1) is 0 Å². The summed E-state index contributed by atoms with van der Waals surface area (Å²) in [7, 11) is 3.21. The minimum Gasteiger partial charge on any atom is -0.497 e. The quantitative estimate of drug-likeness (QED) is 0.916. The summed E-state index contributed by atoms with van der Waals surface area (Å²) >= 11 is 3.44. The zero-order valence-corrected chi connectivity index (χ0v) is 12.7. The summed E-state index contributed by atoms with van der Waals surface area (Å²) in [5.74, 6) is 1.41. The monoisotopic (exact) mass is 332 g/mol. The Morgan fingerprint density at radius 1 is 1.05 bits per heavy atom. The summed E-state index contributed by atoms with van der Waals surface area (Å²) in [5, 5.41) is 12.1. The Labute approximate surface area is 126 Å². The van der Waals surface area contributed by atoms with Gasteiger partial charge in [0.2, 0.25) is 0 Å². The molecule has 0 aromatic heterocycles. The number of rotatable bonds is 4. The molecule has 20 heavy (non-hydrogen) atoms. The molecule has 0 saturated heterocycles. The van der Waals surface area contributed by atoms with Crippen LogP contribution < -0.4 is 14.8 Å². The van der Waals surface area contributed by atoms with Crippen LogP contribution in [-0.2, 0) is 0 Å². The molecule has 0 heterocycles. The molecule has 0 atom stereocenters. The van der Waals surface area contributed by atoms with Gasteiger partial charge >= 0.3 is 0 Å². The van der Waals surface area contributed by atoms with E-state index in [1.165, 1.54) is 0 Å². The molecule has 2 aromatic rings. The van der Waals surface area contributed by atoms with Crippen LogP contribution in [0.3, 0.4) is 0 Å². The number of benzene rings is 2. The number of nitrogens with zero attached hydrogens (tertiary/aromatic N) is 1. The fraction of sp³-hybridized carbons (Fsp3) is 0.133. The third-order valence-electron chi connectivity index (χ3n) is 2.73. The summed E-state index contributed by atoms with van der Waals surface area (Å²) in [4.78, 5) is 0. The van der Waals surface area contributed by atoms with Crippen LogP contribution in [0.2, 0.25) is 0 Å². The topological polar surface area (TPSA) is 54.3 Å². The van der Waals surface area contributed by atoms with E-state index in [2.05, 4.69) is 27.3 Å². The third kappa shape index (κ3) is 3.22. The Hall–Kier alpha value is -2.19. The molecule has 0 aliphatic carbocycles. The van der Waals surface area contributed by atoms with Gasteiger partial charge in [0.25, 0.3) is 0 Å². The number of nitrogens with one attached hydrogen (secondary N) is 1. The van der Waals surface area contributed by atoms with Gasteiger partial charge in [-0.3, -0.25) is 0 Å². The average molecular weight is 333 g/mol. The zero-order valence-electron chi connectivity index (χ0n) is 11.1. The van der Waals surface area contributed by atoms with Crippen molar-refractivity contribution in [3.8, 4) is 17.6 Å². The maximum atomic E-state index is 8.85. The number of hydrogen-bond donors (Lipinski definition) is 1. The fourth-order valence-corrected chi connectivity index (χ4v) is 2.20. The second kappa shape index (κ2) is 6.31. The van der Waals surface area contributed by atoms with Crippen molar-refractivity contribution in [2.75, 3.05) is 19.5 Å². The van der Waals surface area contributed by atoms with E-state index in [4.69, 9.17) is 14.7 Å². The lowest BCUT2D eigenvalue weighted by Crippen LogP contribution is -1.94. The van der Waals surface area contributed by atoms with Crippen LogP contribution >= 0.6 is 15.9 Å². The normalized spacial score (nSPS) is 9.70. The van der Waals surface area contributed by atoms with Crippen molar-refractivity contribution in [1.29, 1.82) is 5.26 Å². The second-order valence-corrected chi connectivity index (χ2v) is 4.89. The van der Waals surface area contributed by atoms with Crippen molar-refractivity contribution in [2.24, 2.45) is 0 Å². The number of hydrogen-bond acceptors (Lipinski definition) is 4. The molecule has 2 rings (SSSR count). The number of nitriles is 1. The predicted octanol–water partition coefficient (Wildman–Crippen LogP) is 4.08. The molecule has 5 heteroatoms. The van der Waals surface area contributed by atoms with Crippen molar-refractivity contribution in [1.82, 2.24) is 0 Å². The number of methoxy groups -OCH3 is 2. The Kier molecular flexibility index (Phi) is 4.49. The Bertz CT molecular complexity index is 643. The van der Waals surface area contributed by atoms with Crippen molar-refractivity contribution in [2.45, 2.75) is 0 Å². The first kappa shape index (κ1) is 14.2. The van der Waals surface area contributed by atoms with Gasteiger partial charge in [0, 0.05) is 28.4 Å². The molecule has 0 amide bonds. The van der Waals surface area contributed by atoms with Gasteiger partial charge in [0.1, 0.15) is 11.5 Å². The van der Waals surface area contributed by atoms with Crippen molar-refractivity contribution >= 4 is 27.3 Å². The van der Waals surface area contributed by atoms with Gasteiger partial charge in [-0.05, 0) is 34.1 Å². The lowest BCUT2D eigenvalue weighted by atomic mass is 10.2.